The molecule has 0 saturated heterocycles. The van der Waals surface area contributed by atoms with E-state index in [9.17, 15) is 9.18 Å². The lowest BCUT2D eigenvalue weighted by Crippen LogP contribution is -2.33. The second kappa shape index (κ2) is 3.36. The van der Waals surface area contributed by atoms with Crippen molar-refractivity contribution in [3.8, 4) is 0 Å². The summed E-state index contributed by atoms with van der Waals surface area (Å²) in [7, 11) is 0. The number of alkyl halides is 1. The predicted molar refractivity (Wildman–Crippen MR) is 47.0 cm³/mol. The number of carbonyl (C=O) groups excluding carboxylic acids is 1. The molecule has 0 aliphatic carbocycles. The Hall–Kier alpha value is -1.06. The largest absolute Gasteiger partial charge is 0.443 e. The van der Waals surface area contributed by atoms with Crippen molar-refractivity contribution >= 4 is 6.09 Å². The summed E-state index contributed by atoms with van der Waals surface area (Å²) in [5.74, 6) is 0. The molecule has 1 aliphatic rings. The molecule has 0 aromatic carbocycles. The van der Waals surface area contributed by atoms with Crippen molar-refractivity contribution < 1.29 is 13.9 Å². The van der Waals surface area contributed by atoms with Crippen LogP contribution in [0.15, 0.2) is 12.3 Å². The maximum atomic E-state index is 12.6. The van der Waals surface area contributed by atoms with Crippen LogP contribution < -0.4 is 0 Å². The molecule has 0 fully saturated rings. The average molecular weight is 187 g/mol. The molecule has 1 unspecified atom stereocenters. The molecule has 0 aromatic rings. The zero-order chi connectivity index (χ0) is 10.1. The Kier molecular flexibility index (Phi) is 2.59. The van der Waals surface area contributed by atoms with E-state index in [2.05, 4.69) is 0 Å². The van der Waals surface area contributed by atoms with Gasteiger partial charge in [0.2, 0.25) is 0 Å². The fourth-order valence-corrected chi connectivity index (χ4v) is 0.963. The number of hydrogen-bond acceptors (Lipinski definition) is 2. The highest BCUT2D eigenvalue weighted by molar-refractivity contribution is 5.70. The second-order valence-electron chi connectivity index (χ2n) is 3.99. The summed E-state index contributed by atoms with van der Waals surface area (Å²) in [4.78, 5) is 12.5. The third-order valence-corrected chi connectivity index (χ3v) is 1.47. The molecule has 0 spiro atoms. The average Bonchev–Trinajstić information content (AvgIpc) is 2.31. The number of halogens is 1. The van der Waals surface area contributed by atoms with Crippen LogP contribution in [0, 0.1) is 0 Å². The quantitative estimate of drug-likeness (QED) is 0.581. The zero-order valence-corrected chi connectivity index (χ0v) is 8.08. The Balaban J connectivity index is 2.46. The smallest absolute Gasteiger partial charge is 0.414 e. The third-order valence-electron chi connectivity index (χ3n) is 1.47. The van der Waals surface area contributed by atoms with Gasteiger partial charge in [0, 0.05) is 6.20 Å². The Labute approximate surface area is 77.2 Å². The van der Waals surface area contributed by atoms with Gasteiger partial charge in [-0.3, -0.25) is 4.90 Å². The van der Waals surface area contributed by atoms with Gasteiger partial charge in [0.05, 0.1) is 6.54 Å². The topological polar surface area (TPSA) is 29.5 Å². The molecule has 13 heavy (non-hydrogen) atoms. The van der Waals surface area contributed by atoms with Gasteiger partial charge in [-0.05, 0) is 26.8 Å². The lowest BCUT2D eigenvalue weighted by atomic mass is 10.2. The van der Waals surface area contributed by atoms with Crippen LogP contribution in [0.25, 0.3) is 0 Å². The molecule has 0 radical (unpaired) electrons. The normalized spacial score (nSPS) is 22.2. The zero-order valence-electron chi connectivity index (χ0n) is 8.08. The molecule has 74 valence electrons. The van der Waals surface area contributed by atoms with E-state index in [4.69, 9.17) is 4.74 Å². The number of amides is 1. The van der Waals surface area contributed by atoms with Crippen molar-refractivity contribution in [2.45, 2.75) is 32.5 Å². The Bertz CT molecular complexity index is 232. The van der Waals surface area contributed by atoms with Crippen LogP contribution in [0.1, 0.15) is 20.8 Å². The first kappa shape index (κ1) is 10.0. The van der Waals surface area contributed by atoms with E-state index >= 15 is 0 Å². The van der Waals surface area contributed by atoms with Crippen LogP contribution in [0.4, 0.5) is 9.18 Å². The van der Waals surface area contributed by atoms with E-state index in [1.807, 2.05) is 0 Å². The van der Waals surface area contributed by atoms with Crippen LogP contribution in [-0.4, -0.2) is 29.3 Å². The molecular formula is C9H14FNO2. The second-order valence-corrected chi connectivity index (χ2v) is 3.99. The van der Waals surface area contributed by atoms with Crippen LogP contribution in [-0.2, 0) is 4.74 Å². The monoisotopic (exact) mass is 187 g/mol. The van der Waals surface area contributed by atoms with Gasteiger partial charge in [0.15, 0.2) is 0 Å². The summed E-state index contributed by atoms with van der Waals surface area (Å²) >= 11 is 0. The molecule has 0 aromatic heterocycles. The van der Waals surface area contributed by atoms with E-state index in [1.54, 1.807) is 20.8 Å². The van der Waals surface area contributed by atoms with Crippen molar-refractivity contribution in [1.82, 2.24) is 4.90 Å². The predicted octanol–water partition coefficient (Wildman–Crippen LogP) is 2.09. The van der Waals surface area contributed by atoms with Crippen molar-refractivity contribution in [3.63, 3.8) is 0 Å². The maximum absolute atomic E-state index is 12.6. The Morgan fingerprint density at radius 3 is 2.62 bits per heavy atom. The first-order valence-corrected chi connectivity index (χ1v) is 4.20. The van der Waals surface area contributed by atoms with Crippen LogP contribution in [0.5, 0.6) is 0 Å². The lowest BCUT2D eigenvalue weighted by Gasteiger charge is -2.23. The van der Waals surface area contributed by atoms with Gasteiger partial charge in [0.1, 0.15) is 11.8 Å². The van der Waals surface area contributed by atoms with E-state index in [-0.39, 0.29) is 6.54 Å². The van der Waals surface area contributed by atoms with Gasteiger partial charge in [-0.25, -0.2) is 9.18 Å². The highest BCUT2D eigenvalue weighted by Gasteiger charge is 2.25. The number of carbonyl (C=O) groups is 1. The molecule has 1 rings (SSSR count). The van der Waals surface area contributed by atoms with E-state index in [1.165, 1.54) is 17.2 Å². The number of ether oxygens (including phenoxy) is 1. The van der Waals surface area contributed by atoms with Crippen molar-refractivity contribution in [3.05, 3.63) is 12.3 Å². The van der Waals surface area contributed by atoms with Gasteiger partial charge >= 0.3 is 6.09 Å². The first-order valence-electron chi connectivity index (χ1n) is 4.20. The third kappa shape index (κ3) is 3.05. The molecule has 4 heteroatoms. The molecule has 0 saturated carbocycles. The molecule has 0 bridgehead atoms. The minimum absolute atomic E-state index is 0.0644. The summed E-state index contributed by atoms with van der Waals surface area (Å²) in [5, 5.41) is 0. The molecule has 1 atom stereocenters. The lowest BCUT2D eigenvalue weighted by molar-refractivity contribution is 0.0332. The van der Waals surface area contributed by atoms with Gasteiger partial charge in [0.25, 0.3) is 0 Å². The number of rotatable bonds is 0. The molecule has 1 amide bonds. The van der Waals surface area contributed by atoms with Gasteiger partial charge in [-0.2, -0.15) is 0 Å². The minimum Gasteiger partial charge on any atom is -0.443 e. The van der Waals surface area contributed by atoms with Gasteiger partial charge in [-0.15, -0.1) is 0 Å². The van der Waals surface area contributed by atoms with Crippen molar-refractivity contribution in [2.75, 3.05) is 6.54 Å². The highest BCUT2D eigenvalue weighted by atomic mass is 19.1. The maximum Gasteiger partial charge on any atom is 0.414 e. The van der Waals surface area contributed by atoms with Crippen LogP contribution in [0.3, 0.4) is 0 Å². The fraction of sp³-hybridized carbons (Fsp3) is 0.667. The van der Waals surface area contributed by atoms with Crippen LogP contribution >= 0.6 is 0 Å². The number of nitrogens with zero attached hydrogens (tertiary/aromatic N) is 1. The number of hydrogen-bond donors (Lipinski definition) is 0. The van der Waals surface area contributed by atoms with E-state index in [0.717, 1.165) is 0 Å². The fourth-order valence-electron chi connectivity index (χ4n) is 0.963. The molecule has 0 N–H and O–H groups in total. The molecular weight excluding hydrogens is 173 g/mol. The first-order chi connectivity index (χ1) is 5.88. The van der Waals surface area contributed by atoms with Crippen molar-refractivity contribution in [2.24, 2.45) is 0 Å². The minimum atomic E-state index is -1.06. The summed E-state index contributed by atoms with van der Waals surface area (Å²) in [6, 6.07) is 0. The Morgan fingerprint density at radius 1 is 1.62 bits per heavy atom. The summed E-state index contributed by atoms with van der Waals surface area (Å²) in [6.07, 6.45) is 1.19. The summed E-state index contributed by atoms with van der Waals surface area (Å²) in [5.41, 5.74) is -0.528. The standard InChI is InChI=1S/C9H14FNO2/c1-9(2,3)13-8(12)11-5-4-7(10)6-11/h4-5,7H,6H2,1-3H3. The van der Waals surface area contributed by atoms with Crippen LogP contribution in [0.2, 0.25) is 0 Å². The summed E-state index contributed by atoms with van der Waals surface area (Å²) in [6.45, 7) is 5.39. The SMILES string of the molecule is CC(C)(C)OC(=O)N1C=CC(F)C1. The summed E-state index contributed by atoms with van der Waals surface area (Å²) < 4.78 is 17.7. The molecule has 1 heterocycles. The molecule has 3 nitrogen and oxygen atoms in total. The Morgan fingerprint density at radius 2 is 2.23 bits per heavy atom. The van der Waals surface area contributed by atoms with E-state index in [0.29, 0.717) is 0 Å². The van der Waals surface area contributed by atoms with Crippen molar-refractivity contribution in [1.29, 1.82) is 0 Å². The van der Waals surface area contributed by atoms with Gasteiger partial charge < -0.3 is 4.74 Å². The van der Waals surface area contributed by atoms with E-state index < -0.39 is 17.9 Å². The highest BCUT2D eigenvalue weighted by Crippen LogP contribution is 2.14. The molecule has 1 aliphatic heterocycles. The van der Waals surface area contributed by atoms with Gasteiger partial charge in [-0.1, -0.05) is 0 Å².